The first-order valence-corrected chi connectivity index (χ1v) is 3.53. The number of nitrogens with two attached hydrogens (primary N) is 1. The van der Waals surface area contributed by atoms with Crippen molar-refractivity contribution in [3.8, 4) is 0 Å². The molecule has 4 nitrogen and oxygen atoms in total. The van der Waals surface area contributed by atoms with E-state index in [0.29, 0.717) is 5.70 Å². The summed E-state index contributed by atoms with van der Waals surface area (Å²) in [5.74, 6) is -0.482. The second-order valence-corrected chi connectivity index (χ2v) is 3.43. The highest BCUT2D eigenvalue weighted by Gasteiger charge is 2.30. The molecule has 62 valence electrons. The van der Waals surface area contributed by atoms with Gasteiger partial charge in [0.2, 0.25) is 0 Å². The largest absolute Gasteiger partial charge is 0.364 e. The lowest BCUT2D eigenvalue weighted by Gasteiger charge is -2.19. The van der Waals surface area contributed by atoms with Gasteiger partial charge < -0.3 is 10.7 Å². The minimum Gasteiger partial charge on any atom is -0.364 e. The second kappa shape index (κ2) is 2.39. The Balaban J connectivity index is 2.88. The van der Waals surface area contributed by atoms with Crippen LogP contribution in [0.5, 0.6) is 0 Å². The summed E-state index contributed by atoms with van der Waals surface area (Å²) in [6.07, 6.45) is 1.58. The lowest BCUT2D eigenvalue weighted by Crippen LogP contribution is -2.40. The number of alkyl halides is 1. The maximum absolute atomic E-state index is 10.7. The van der Waals surface area contributed by atoms with Crippen molar-refractivity contribution >= 4 is 17.5 Å². The average Bonchev–Trinajstić information content (AvgIpc) is 2.05. The van der Waals surface area contributed by atoms with E-state index in [1.807, 2.05) is 0 Å². The predicted octanol–water partition coefficient (Wildman–Crippen LogP) is -0.239. The Morgan fingerprint density at radius 3 is 2.64 bits per heavy atom. The third kappa shape index (κ3) is 1.64. The first-order valence-electron chi connectivity index (χ1n) is 3.15. The summed E-state index contributed by atoms with van der Waals surface area (Å²) in [5.41, 5.74) is 8.28. The molecule has 0 aromatic carbocycles. The van der Waals surface area contributed by atoms with E-state index in [2.05, 4.69) is 5.43 Å². The molecule has 0 bridgehead atoms. The molecule has 0 fully saturated rings. The van der Waals surface area contributed by atoms with E-state index in [4.69, 9.17) is 17.3 Å². The predicted molar refractivity (Wildman–Crippen MR) is 42.4 cm³/mol. The van der Waals surface area contributed by atoms with E-state index in [-0.39, 0.29) is 0 Å². The third-order valence-corrected chi connectivity index (χ3v) is 1.60. The van der Waals surface area contributed by atoms with Crippen LogP contribution in [0.15, 0.2) is 11.8 Å². The van der Waals surface area contributed by atoms with Crippen molar-refractivity contribution in [1.29, 1.82) is 0 Å². The minimum atomic E-state index is -0.695. The highest BCUT2D eigenvalue weighted by molar-refractivity contribution is 6.25. The summed E-state index contributed by atoms with van der Waals surface area (Å²) < 4.78 is 0. The van der Waals surface area contributed by atoms with Crippen molar-refractivity contribution in [2.75, 3.05) is 7.05 Å². The number of hydrazine groups is 1. The van der Waals surface area contributed by atoms with Gasteiger partial charge >= 0.3 is 0 Å². The molecule has 1 aliphatic rings. The molecule has 11 heavy (non-hydrogen) atoms. The molecule has 1 aliphatic heterocycles. The summed E-state index contributed by atoms with van der Waals surface area (Å²) >= 11 is 5.86. The van der Waals surface area contributed by atoms with Crippen LogP contribution in [-0.4, -0.2) is 23.0 Å². The van der Waals surface area contributed by atoms with Crippen molar-refractivity contribution < 1.29 is 4.79 Å². The molecule has 3 N–H and O–H groups in total. The molecule has 0 saturated heterocycles. The molecule has 5 heteroatoms. The van der Waals surface area contributed by atoms with Gasteiger partial charge in [-0.05, 0) is 13.0 Å². The molecule has 1 unspecified atom stereocenters. The number of carbonyl (C=O) groups is 1. The van der Waals surface area contributed by atoms with E-state index in [1.165, 1.54) is 5.01 Å². The number of hydrogen-bond acceptors (Lipinski definition) is 3. The number of amides is 1. The zero-order chi connectivity index (χ0) is 8.65. The molecule has 0 spiro atoms. The Hall–Kier alpha value is -0.740. The van der Waals surface area contributed by atoms with Crippen LogP contribution in [0.25, 0.3) is 0 Å². The van der Waals surface area contributed by atoms with Crippen LogP contribution in [0.1, 0.15) is 6.92 Å². The first kappa shape index (κ1) is 8.36. The average molecular weight is 176 g/mol. The van der Waals surface area contributed by atoms with Crippen molar-refractivity contribution in [2.24, 2.45) is 5.73 Å². The zero-order valence-corrected chi connectivity index (χ0v) is 7.14. The minimum absolute atomic E-state index is 0.391. The molecule has 0 aliphatic carbocycles. The van der Waals surface area contributed by atoms with Gasteiger partial charge in [0.15, 0.2) is 0 Å². The first-order chi connectivity index (χ1) is 4.92. The monoisotopic (exact) mass is 175 g/mol. The van der Waals surface area contributed by atoms with E-state index in [1.54, 1.807) is 20.0 Å². The number of likely N-dealkylation sites (N-methyl/N-ethyl adjacent to an activating group) is 1. The van der Waals surface area contributed by atoms with Crippen molar-refractivity contribution in [1.82, 2.24) is 10.4 Å². The number of nitrogens with one attached hydrogen (secondary N) is 1. The zero-order valence-electron chi connectivity index (χ0n) is 6.39. The Morgan fingerprint density at radius 2 is 2.45 bits per heavy atom. The molecule has 1 rings (SSSR count). The summed E-state index contributed by atoms with van der Waals surface area (Å²) in [4.78, 5) is 10.0. The normalized spacial score (nSPS) is 30.5. The maximum Gasteiger partial charge on any atom is 0.266 e. The van der Waals surface area contributed by atoms with Crippen molar-refractivity contribution in [3.05, 3.63) is 11.8 Å². The van der Waals surface area contributed by atoms with Crippen LogP contribution < -0.4 is 11.2 Å². The smallest absolute Gasteiger partial charge is 0.266 e. The van der Waals surface area contributed by atoms with Crippen LogP contribution in [0.3, 0.4) is 0 Å². The molecule has 0 aromatic rings. The van der Waals surface area contributed by atoms with Gasteiger partial charge in [-0.1, -0.05) is 11.6 Å². The molecule has 1 heterocycles. The number of rotatable bonds is 1. The van der Waals surface area contributed by atoms with Gasteiger partial charge in [-0.3, -0.25) is 4.79 Å². The quantitative estimate of drug-likeness (QED) is 0.427. The molecule has 1 atom stereocenters. The van der Waals surface area contributed by atoms with Gasteiger partial charge in [0.1, 0.15) is 10.7 Å². The Morgan fingerprint density at radius 1 is 1.91 bits per heavy atom. The topological polar surface area (TPSA) is 58.4 Å². The van der Waals surface area contributed by atoms with Gasteiger partial charge in [-0.2, -0.15) is 0 Å². The van der Waals surface area contributed by atoms with Gasteiger partial charge in [0.05, 0.1) is 0 Å². The summed E-state index contributed by atoms with van der Waals surface area (Å²) in [5, 5.41) is 1.51. The fourth-order valence-corrected chi connectivity index (χ4v) is 1.24. The van der Waals surface area contributed by atoms with E-state index in [0.717, 1.165) is 0 Å². The fourth-order valence-electron chi connectivity index (χ4n) is 1.01. The second-order valence-electron chi connectivity index (χ2n) is 2.64. The lowest BCUT2D eigenvalue weighted by molar-refractivity contribution is -0.116. The molecule has 0 radical (unpaired) electrons. The third-order valence-electron chi connectivity index (χ3n) is 1.41. The number of halogens is 1. The molecule has 0 saturated carbocycles. The van der Waals surface area contributed by atoms with Gasteiger partial charge in [-0.25, -0.2) is 5.43 Å². The molecular weight excluding hydrogens is 166 g/mol. The summed E-state index contributed by atoms with van der Waals surface area (Å²) in [6, 6.07) is 0. The summed E-state index contributed by atoms with van der Waals surface area (Å²) in [6.45, 7) is 1.74. The van der Waals surface area contributed by atoms with E-state index < -0.39 is 10.9 Å². The lowest BCUT2D eigenvalue weighted by atomic mass is 10.3. The van der Waals surface area contributed by atoms with Gasteiger partial charge in [0.25, 0.3) is 5.91 Å². The van der Waals surface area contributed by atoms with Crippen LogP contribution >= 0.6 is 11.6 Å². The highest BCUT2D eigenvalue weighted by atomic mass is 35.5. The maximum atomic E-state index is 10.7. The van der Waals surface area contributed by atoms with Crippen LogP contribution in [0.2, 0.25) is 0 Å². The Bertz CT molecular complexity index is 224. The number of hydrogen-bond donors (Lipinski definition) is 2. The molecular formula is C6H10ClN3O. The van der Waals surface area contributed by atoms with Crippen LogP contribution in [0.4, 0.5) is 0 Å². The fraction of sp³-hybridized carbons (Fsp3) is 0.500. The molecule has 1 amide bonds. The Labute approximate surface area is 70.0 Å². The highest BCUT2D eigenvalue weighted by Crippen LogP contribution is 2.22. The number of carbonyl (C=O) groups excluding carboxylic acids is 1. The standard InChI is InChI=1S/C6H10ClN3O/c1-6(7)3-4(5(8)11)10(2)9-6/h3,9H,1-2H3,(H2,8,11). The number of nitrogens with zero attached hydrogens (tertiary/aromatic N) is 1. The van der Waals surface area contributed by atoms with Crippen LogP contribution in [-0.2, 0) is 4.79 Å². The van der Waals surface area contributed by atoms with E-state index >= 15 is 0 Å². The Kier molecular flexibility index (Phi) is 1.82. The van der Waals surface area contributed by atoms with Crippen LogP contribution in [0, 0.1) is 0 Å². The van der Waals surface area contributed by atoms with E-state index in [9.17, 15) is 4.79 Å². The van der Waals surface area contributed by atoms with Crippen molar-refractivity contribution in [3.63, 3.8) is 0 Å². The molecule has 0 aromatic heterocycles. The SMILES string of the molecule is CN1NC(C)(Cl)C=C1C(N)=O. The van der Waals surface area contributed by atoms with Gasteiger partial charge in [-0.15, -0.1) is 0 Å². The number of primary amides is 1. The van der Waals surface area contributed by atoms with Gasteiger partial charge in [0, 0.05) is 7.05 Å². The summed E-state index contributed by atoms with van der Waals surface area (Å²) in [7, 11) is 1.68. The van der Waals surface area contributed by atoms with Crippen molar-refractivity contribution in [2.45, 2.75) is 11.9 Å².